The van der Waals surface area contributed by atoms with Gasteiger partial charge in [-0.1, -0.05) is 72.8 Å². The summed E-state index contributed by atoms with van der Waals surface area (Å²) >= 11 is 0. The van der Waals surface area contributed by atoms with Crippen LogP contribution in [0.5, 0.6) is 0 Å². The van der Waals surface area contributed by atoms with Crippen LogP contribution in [0.2, 0.25) is 0 Å². The van der Waals surface area contributed by atoms with Gasteiger partial charge in [-0.3, -0.25) is 14.6 Å². The molecule has 0 spiro atoms. The summed E-state index contributed by atoms with van der Waals surface area (Å²) in [6.45, 7) is 6.97. The zero-order chi connectivity index (χ0) is 31.8. The molecule has 1 aliphatic rings. The minimum atomic E-state index is -0.979. The van der Waals surface area contributed by atoms with Crippen LogP contribution in [0.1, 0.15) is 56.2 Å². The van der Waals surface area contributed by atoms with Gasteiger partial charge in [0.25, 0.3) is 0 Å². The van der Waals surface area contributed by atoms with Crippen LogP contribution in [-0.4, -0.2) is 52.5 Å². The first kappa shape index (κ1) is 31.4. The van der Waals surface area contributed by atoms with Crippen LogP contribution in [-0.2, 0) is 20.7 Å². The van der Waals surface area contributed by atoms with Crippen molar-refractivity contribution in [2.75, 3.05) is 18.4 Å². The van der Waals surface area contributed by atoms with Crippen LogP contribution < -0.4 is 10.6 Å². The summed E-state index contributed by atoms with van der Waals surface area (Å²) in [7, 11) is 0. The number of amides is 3. The Morgan fingerprint density at radius 1 is 0.844 bits per heavy atom. The maximum atomic E-state index is 14.0. The number of rotatable bonds is 9. The summed E-state index contributed by atoms with van der Waals surface area (Å²) in [6, 6.07) is 27.7. The maximum absolute atomic E-state index is 14.0. The molecule has 0 bridgehead atoms. The van der Waals surface area contributed by atoms with Gasteiger partial charge in [0.1, 0.15) is 11.6 Å². The third kappa shape index (κ3) is 8.35. The van der Waals surface area contributed by atoms with Crippen LogP contribution in [0, 0.1) is 0 Å². The Bertz CT molecular complexity index is 1560. The Labute approximate surface area is 264 Å². The molecule has 0 unspecified atom stereocenters. The molecule has 8 heteroatoms. The molecule has 45 heavy (non-hydrogen) atoms. The first-order chi connectivity index (χ1) is 21.7. The van der Waals surface area contributed by atoms with Crippen molar-refractivity contribution in [3.05, 3.63) is 120 Å². The van der Waals surface area contributed by atoms with E-state index >= 15 is 0 Å². The van der Waals surface area contributed by atoms with Crippen molar-refractivity contribution in [3.8, 4) is 11.1 Å². The number of pyridine rings is 1. The number of carbonyl (C=O) groups is 3. The first-order valence-corrected chi connectivity index (χ1v) is 15.4. The number of benzene rings is 3. The molecule has 1 fully saturated rings. The molecule has 2 heterocycles. The third-order valence-electron chi connectivity index (χ3n) is 7.77. The van der Waals surface area contributed by atoms with E-state index in [2.05, 4.69) is 15.6 Å². The Kier molecular flexibility index (Phi) is 9.92. The smallest absolute Gasteiger partial charge is 0.408 e. The maximum Gasteiger partial charge on any atom is 0.408 e. The molecule has 8 nitrogen and oxygen atoms in total. The van der Waals surface area contributed by atoms with Crippen molar-refractivity contribution >= 4 is 23.6 Å². The van der Waals surface area contributed by atoms with Gasteiger partial charge in [0.15, 0.2) is 0 Å². The average Bonchev–Trinajstić information content (AvgIpc) is 3.57. The van der Waals surface area contributed by atoms with Crippen molar-refractivity contribution in [2.24, 2.45) is 0 Å². The van der Waals surface area contributed by atoms with Crippen LogP contribution in [0.25, 0.3) is 11.1 Å². The minimum absolute atomic E-state index is 0.112. The standard InChI is InChI=1S/C37H40N4O4/c1-37(2,3)45-36(44)40-34(33(27-12-6-4-7-13-27)28-14-8-5-9-15-28)35(43)39-30-18-16-26(17-19-30)31-20-21-38-25-29(31)24-32(42)41-22-10-11-23-41/h4-9,12-21,25,33-34H,10-11,22-24H2,1-3H3,(H,39,43)(H,40,44)/t34-/m0/s1. The van der Waals surface area contributed by atoms with Crippen LogP contribution in [0.15, 0.2) is 103 Å². The van der Waals surface area contributed by atoms with Crippen LogP contribution >= 0.6 is 0 Å². The number of carbonyl (C=O) groups excluding carboxylic acids is 3. The number of likely N-dealkylation sites (tertiary alicyclic amines) is 1. The number of aromatic nitrogens is 1. The lowest BCUT2D eigenvalue weighted by Gasteiger charge is -2.29. The molecule has 1 aliphatic heterocycles. The summed E-state index contributed by atoms with van der Waals surface area (Å²) in [4.78, 5) is 46.1. The quantitative estimate of drug-likeness (QED) is 0.225. The number of nitrogens with zero attached hydrogens (tertiary/aromatic N) is 2. The van der Waals surface area contributed by atoms with Gasteiger partial charge in [0.05, 0.1) is 6.42 Å². The number of anilines is 1. The molecule has 1 aromatic heterocycles. The first-order valence-electron chi connectivity index (χ1n) is 15.4. The Balaban J connectivity index is 1.40. The number of ether oxygens (including phenoxy) is 1. The van der Waals surface area contributed by atoms with E-state index in [0.717, 1.165) is 53.7 Å². The normalized spacial score (nSPS) is 13.7. The highest BCUT2D eigenvalue weighted by Gasteiger charge is 2.34. The highest BCUT2D eigenvalue weighted by molar-refractivity contribution is 5.98. The molecule has 0 radical (unpaired) electrons. The van der Waals surface area contributed by atoms with Crippen molar-refractivity contribution in [1.29, 1.82) is 0 Å². The van der Waals surface area contributed by atoms with E-state index in [1.807, 2.05) is 95.9 Å². The van der Waals surface area contributed by atoms with Crippen LogP contribution in [0.3, 0.4) is 0 Å². The molecule has 3 amide bonds. The van der Waals surface area contributed by atoms with Gasteiger partial charge in [0, 0.05) is 37.1 Å². The highest BCUT2D eigenvalue weighted by atomic mass is 16.6. The third-order valence-corrected chi connectivity index (χ3v) is 7.77. The fraction of sp³-hybridized carbons (Fsp3) is 0.297. The molecule has 0 aliphatic carbocycles. The van der Waals surface area contributed by atoms with Crippen molar-refractivity contribution in [2.45, 2.75) is 57.6 Å². The highest BCUT2D eigenvalue weighted by Crippen LogP contribution is 2.30. The van der Waals surface area contributed by atoms with E-state index in [4.69, 9.17) is 4.74 Å². The van der Waals surface area contributed by atoms with E-state index in [-0.39, 0.29) is 11.8 Å². The lowest BCUT2D eigenvalue weighted by Crippen LogP contribution is -2.49. The molecule has 3 aromatic carbocycles. The fourth-order valence-electron chi connectivity index (χ4n) is 5.68. The number of hydrogen-bond acceptors (Lipinski definition) is 5. The molecule has 4 aromatic rings. The zero-order valence-electron chi connectivity index (χ0n) is 26.0. The second kappa shape index (κ2) is 14.2. The molecule has 5 rings (SSSR count). The molecule has 1 saturated heterocycles. The van der Waals surface area contributed by atoms with Crippen LogP contribution in [0.4, 0.5) is 10.5 Å². The minimum Gasteiger partial charge on any atom is -0.444 e. The second-order valence-electron chi connectivity index (χ2n) is 12.3. The number of alkyl carbamates (subject to hydrolysis) is 1. The Morgan fingerprint density at radius 3 is 2.02 bits per heavy atom. The van der Waals surface area contributed by atoms with Crippen molar-refractivity contribution in [1.82, 2.24) is 15.2 Å². The molecule has 232 valence electrons. The molecule has 0 saturated carbocycles. The van der Waals surface area contributed by atoms with E-state index in [1.54, 1.807) is 33.2 Å². The van der Waals surface area contributed by atoms with E-state index in [0.29, 0.717) is 12.1 Å². The zero-order valence-corrected chi connectivity index (χ0v) is 26.0. The second-order valence-corrected chi connectivity index (χ2v) is 12.3. The molecular formula is C37H40N4O4. The van der Waals surface area contributed by atoms with Gasteiger partial charge >= 0.3 is 6.09 Å². The topological polar surface area (TPSA) is 101 Å². The summed E-state index contributed by atoms with van der Waals surface area (Å²) in [5, 5.41) is 5.87. The summed E-state index contributed by atoms with van der Waals surface area (Å²) < 4.78 is 5.56. The van der Waals surface area contributed by atoms with Crippen molar-refractivity contribution in [3.63, 3.8) is 0 Å². The number of hydrogen-bond donors (Lipinski definition) is 2. The lowest BCUT2D eigenvalue weighted by molar-refractivity contribution is -0.129. The summed E-state index contributed by atoms with van der Waals surface area (Å²) in [5.41, 5.74) is 4.29. The van der Waals surface area contributed by atoms with E-state index in [9.17, 15) is 14.4 Å². The lowest BCUT2D eigenvalue weighted by atomic mass is 9.84. The van der Waals surface area contributed by atoms with Gasteiger partial charge < -0.3 is 20.3 Å². The predicted octanol–water partition coefficient (Wildman–Crippen LogP) is 6.58. The average molecular weight is 605 g/mol. The van der Waals surface area contributed by atoms with Gasteiger partial charge in [0.2, 0.25) is 11.8 Å². The molecule has 2 N–H and O–H groups in total. The predicted molar refractivity (Wildman–Crippen MR) is 176 cm³/mol. The monoisotopic (exact) mass is 604 g/mol. The Hall–Kier alpha value is -4.98. The molecular weight excluding hydrogens is 564 g/mol. The Morgan fingerprint density at radius 2 is 1.44 bits per heavy atom. The largest absolute Gasteiger partial charge is 0.444 e. The fourth-order valence-corrected chi connectivity index (χ4v) is 5.68. The number of nitrogens with one attached hydrogen (secondary N) is 2. The van der Waals surface area contributed by atoms with Gasteiger partial charge in [-0.15, -0.1) is 0 Å². The molecule has 1 atom stereocenters. The SMILES string of the molecule is CC(C)(C)OC(=O)N[C@H](C(=O)Nc1ccc(-c2ccncc2CC(=O)N2CCCC2)cc1)C(c1ccccc1)c1ccccc1. The van der Waals surface area contributed by atoms with Crippen molar-refractivity contribution < 1.29 is 19.1 Å². The van der Waals surface area contributed by atoms with Gasteiger partial charge in [-0.25, -0.2) is 4.79 Å². The van der Waals surface area contributed by atoms with Gasteiger partial charge in [-0.2, -0.15) is 0 Å². The van der Waals surface area contributed by atoms with E-state index in [1.165, 1.54) is 0 Å². The van der Waals surface area contributed by atoms with E-state index < -0.39 is 23.7 Å². The summed E-state index contributed by atoms with van der Waals surface area (Å²) in [5.74, 6) is -0.751. The van der Waals surface area contributed by atoms with Gasteiger partial charge in [-0.05, 0) is 79.6 Å². The summed E-state index contributed by atoms with van der Waals surface area (Å²) in [6.07, 6.45) is 5.17.